The van der Waals surface area contributed by atoms with Crippen molar-refractivity contribution in [2.45, 2.75) is 6.92 Å². The van der Waals surface area contributed by atoms with Crippen molar-refractivity contribution < 1.29 is 0 Å². The highest BCUT2D eigenvalue weighted by Crippen LogP contribution is 2.35. The minimum absolute atomic E-state index is 0.364. The summed E-state index contributed by atoms with van der Waals surface area (Å²) < 4.78 is 0. The van der Waals surface area contributed by atoms with Crippen molar-refractivity contribution in [1.82, 2.24) is 0 Å². The van der Waals surface area contributed by atoms with Crippen molar-refractivity contribution in [2.24, 2.45) is 0 Å². The molecule has 2 heteroatoms. The Labute approximate surface area is 85.5 Å². The highest BCUT2D eigenvalue weighted by molar-refractivity contribution is 7.01. The SMILES string of the molecule is C=C(C)C1=Cc2cc([Si]Cl)ccc21. The number of rotatable bonds is 2. The maximum atomic E-state index is 5.76. The lowest BCUT2D eigenvalue weighted by atomic mass is 9.85. The van der Waals surface area contributed by atoms with Crippen LogP contribution in [-0.2, 0) is 0 Å². The van der Waals surface area contributed by atoms with E-state index in [-0.39, 0.29) is 0 Å². The van der Waals surface area contributed by atoms with Crippen LogP contribution in [-0.4, -0.2) is 8.83 Å². The van der Waals surface area contributed by atoms with E-state index in [1.807, 2.05) is 6.92 Å². The second kappa shape index (κ2) is 3.16. The van der Waals surface area contributed by atoms with Gasteiger partial charge in [-0.05, 0) is 34.9 Å². The summed E-state index contributed by atoms with van der Waals surface area (Å²) in [6.45, 7) is 5.96. The van der Waals surface area contributed by atoms with E-state index in [0.29, 0.717) is 8.83 Å². The Kier molecular flexibility index (Phi) is 2.14. The summed E-state index contributed by atoms with van der Waals surface area (Å²) >= 11 is 5.76. The highest BCUT2D eigenvalue weighted by Gasteiger charge is 2.16. The topological polar surface area (TPSA) is 0 Å². The van der Waals surface area contributed by atoms with Gasteiger partial charge in [-0.15, -0.1) is 0 Å². The molecule has 2 rings (SSSR count). The average Bonchev–Trinajstić information content (AvgIpc) is 2.06. The summed E-state index contributed by atoms with van der Waals surface area (Å²) in [5.41, 5.74) is 5.02. The van der Waals surface area contributed by atoms with E-state index in [4.69, 9.17) is 11.1 Å². The van der Waals surface area contributed by atoms with E-state index < -0.39 is 0 Å². The molecule has 1 aromatic rings. The van der Waals surface area contributed by atoms with Crippen LogP contribution in [0.4, 0.5) is 0 Å². The third kappa shape index (κ3) is 1.38. The predicted octanol–water partition coefficient (Wildman–Crippen LogP) is 2.60. The molecular formula is C11H9ClSi. The molecule has 0 amide bonds. The highest BCUT2D eigenvalue weighted by atomic mass is 35.6. The Morgan fingerprint density at radius 2 is 2.23 bits per heavy atom. The van der Waals surface area contributed by atoms with Crippen molar-refractivity contribution >= 4 is 36.7 Å². The number of fused-ring (bicyclic) bond motifs is 1. The van der Waals surface area contributed by atoms with Crippen LogP contribution in [0.5, 0.6) is 0 Å². The molecule has 0 aliphatic heterocycles. The molecule has 1 aliphatic carbocycles. The zero-order chi connectivity index (χ0) is 9.42. The number of hydrogen-bond donors (Lipinski definition) is 0. The van der Waals surface area contributed by atoms with Gasteiger partial charge >= 0.3 is 0 Å². The van der Waals surface area contributed by atoms with Gasteiger partial charge in [0.2, 0.25) is 8.83 Å². The largest absolute Gasteiger partial charge is 0.210 e. The molecule has 64 valence electrons. The van der Waals surface area contributed by atoms with Crippen LogP contribution in [0.15, 0.2) is 30.4 Å². The fraction of sp³-hybridized carbons (Fsp3) is 0.0909. The quantitative estimate of drug-likeness (QED) is 0.513. The van der Waals surface area contributed by atoms with Crippen LogP contribution in [0.1, 0.15) is 18.1 Å². The monoisotopic (exact) mass is 204 g/mol. The average molecular weight is 205 g/mol. The van der Waals surface area contributed by atoms with Crippen LogP contribution >= 0.6 is 11.1 Å². The van der Waals surface area contributed by atoms with Crippen molar-refractivity contribution in [3.8, 4) is 0 Å². The maximum Gasteiger partial charge on any atom is 0.210 e. The van der Waals surface area contributed by atoms with E-state index >= 15 is 0 Å². The van der Waals surface area contributed by atoms with Crippen LogP contribution < -0.4 is 5.19 Å². The second-order valence-electron chi connectivity index (χ2n) is 3.23. The van der Waals surface area contributed by atoms with Crippen LogP contribution in [0.2, 0.25) is 0 Å². The first-order valence-electron chi connectivity index (χ1n) is 4.11. The molecule has 0 nitrogen and oxygen atoms in total. The van der Waals surface area contributed by atoms with E-state index in [1.165, 1.54) is 21.9 Å². The Balaban J connectivity index is 2.37. The molecule has 2 radical (unpaired) electrons. The van der Waals surface area contributed by atoms with E-state index in [9.17, 15) is 0 Å². The molecule has 0 bridgehead atoms. The Morgan fingerprint density at radius 3 is 2.77 bits per heavy atom. The van der Waals surface area contributed by atoms with Gasteiger partial charge in [0, 0.05) is 0 Å². The van der Waals surface area contributed by atoms with Gasteiger partial charge in [-0.1, -0.05) is 30.4 Å². The fourth-order valence-corrected chi connectivity index (χ4v) is 2.20. The Morgan fingerprint density at radius 1 is 1.46 bits per heavy atom. The maximum absolute atomic E-state index is 5.76. The zero-order valence-electron chi connectivity index (χ0n) is 7.39. The zero-order valence-corrected chi connectivity index (χ0v) is 9.15. The standard InChI is InChI=1S/C11H9ClSi/c1-7(2)11-6-8-5-9(13-12)3-4-10(8)11/h3-6H,1H2,2H3. The Hall–Kier alpha value is -0.793. The summed E-state index contributed by atoms with van der Waals surface area (Å²) in [6.07, 6.45) is 2.16. The number of halogens is 1. The van der Waals surface area contributed by atoms with Crippen LogP contribution in [0.3, 0.4) is 0 Å². The normalized spacial score (nSPS) is 12.9. The van der Waals surface area contributed by atoms with Gasteiger partial charge in [-0.3, -0.25) is 0 Å². The number of benzene rings is 1. The summed E-state index contributed by atoms with van der Waals surface area (Å²) in [5, 5.41) is 1.21. The molecule has 0 aromatic heterocycles. The van der Waals surface area contributed by atoms with Crippen molar-refractivity contribution in [3.05, 3.63) is 41.5 Å². The van der Waals surface area contributed by atoms with Crippen LogP contribution in [0.25, 0.3) is 11.6 Å². The summed E-state index contributed by atoms with van der Waals surface area (Å²) in [6, 6.07) is 6.36. The molecular weight excluding hydrogens is 196 g/mol. The van der Waals surface area contributed by atoms with Gasteiger partial charge in [-0.25, -0.2) is 0 Å². The third-order valence-corrected chi connectivity index (χ3v) is 3.39. The molecule has 0 spiro atoms. The van der Waals surface area contributed by atoms with E-state index in [2.05, 4.69) is 30.9 Å². The van der Waals surface area contributed by atoms with Gasteiger partial charge in [0.15, 0.2) is 0 Å². The third-order valence-electron chi connectivity index (χ3n) is 2.21. The molecule has 0 saturated carbocycles. The first kappa shape index (κ1) is 8.79. The summed E-state index contributed by atoms with van der Waals surface area (Å²) in [5.74, 6) is 0. The van der Waals surface area contributed by atoms with E-state index in [0.717, 1.165) is 5.57 Å². The number of allylic oxidation sites excluding steroid dienone is 2. The molecule has 0 heterocycles. The Bertz CT molecular complexity index is 405. The molecule has 0 atom stereocenters. The van der Waals surface area contributed by atoms with Crippen LogP contribution in [0, 0.1) is 0 Å². The lowest BCUT2D eigenvalue weighted by molar-refractivity contribution is 1.47. The first-order chi connectivity index (χ1) is 6.22. The minimum Gasteiger partial charge on any atom is -0.165 e. The number of hydrogen-bond acceptors (Lipinski definition) is 0. The lowest BCUT2D eigenvalue weighted by Crippen LogP contribution is -2.12. The fourth-order valence-electron chi connectivity index (χ4n) is 1.49. The molecule has 0 N–H and O–H groups in total. The summed E-state index contributed by atoms with van der Waals surface area (Å²) in [7, 11) is 0.364. The summed E-state index contributed by atoms with van der Waals surface area (Å²) in [4.78, 5) is 0. The van der Waals surface area contributed by atoms with Gasteiger partial charge < -0.3 is 0 Å². The molecule has 1 aliphatic rings. The molecule has 13 heavy (non-hydrogen) atoms. The molecule has 1 aromatic carbocycles. The lowest BCUT2D eigenvalue weighted by Gasteiger charge is -2.20. The van der Waals surface area contributed by atoms with Gasteiger partial charge in [0.1, 0.15) is 0 Å². The van der Waals surface area contributed by atoms with Crippen molar-refractivity contribution in [3.63, 3.8) is 0 Å². The first-order valence-corrected chi connectivity index (χ1v) is 6.12. The van der Waals surface area contributed by atoms with Gasteiger partial charge in [0.25, 0.3) is 0 Å². The molecule has 0 saturated heterocycles. The second-order valence-corrected chi connectivity index (χ2v) is 4.57. The smallest absolute Gasteiger partial charge is 0.165 e. The minimum atomic E-state index is 0.364. The molecule has 0 fully saturated rings. The van der Waals surface area contributed by atoms with Crippen molar-refractivity contribution in [2.75, 3.05) is 0 Å². The van der Waals surface area contributed by atoms with Gasteiger partial charge in [-0.2, -0.15) is 11.1 Å². The van der Waals surface area contributed by atoms with Gasteiger partial charge in [0.05, 0.1) is 0 Å². The van der Waals surface area contributed by atoms with Crippen molar-refractivity contribution in [1.29, 1.82) is 0 Å². The predicted molar refractivity (Wildman–Crippen MR) is 60.4 cm³/mol. The molecule has 0 unspecified atom stereocenters. The van der Waals surface area contributed by atoms with E-state index in [1.54, 1.807) is 0 Å².